The highest BCUT2D eigenvalue weighted by Gasteiger charge is 2.24. The fourth-order valence-electron chi connectivity index (χ4n) is 1.58. The van der Waals surface area contributed by atoms with E-state index in [1.54, 1.807) is 0 Å². The van der Waals surface area contributed by atoms with E-state index in [4.69, 9.17) is 21.4 Å². The lowest BCUT2D eigenvalue weighted by Gasteiger charge is -2.14. The number of benzene rings is 1. The van der Waals surface area contributed by atoms with E-state index in [2.05, 4.69) is 11.9 Å². The summed E-state index contributed by atoms with van der Waals surface area (Å²) in [6.45, 7) is 3.22. The average molecular weight is 362 g/mol. The van der Waals surface area contributed by atoms with Gasteiger partial charge in [0.2, 0.25) is 5.91 Å². The van der Waals surface area contributed by atoms with E-state index in [-0.39, 0.29) is 18.1 Å². The Labute approximate surface area is 138 Å². The van der Waals surface area contributed by atoms with Crippen molar-refractivity contribution in [1.29, 1.82) is 0 Å². The molecule has 1 aromatic rings. The molecule has 0 fully saturated rings. The third-order valence-corrected chi connectivity index (χ3v) is 4.53. The zero-order chi connectivity index (χ0) is 17.5. The van der Waals surface area contributed by atoms with Gasteiger partial charge in [0.05, 0.1) is 18.1 Å². The molecule has 0 aromatic heterocycles. The molecule has 7 nitrogen and oxygen atoms in total. The summed E-state index contributed by atoms with van der Waals surface area (Å²) in [5.74, 6) is -3.14. The Morgan fingerprint density at radius 1 is 1.35 bits per heavy atom. The first kappa shape index (κ1) is 19.1. The molecule has 126 valence electrons. The summed E-state index contributed by atoms with van der Waals surface area (Å²) in [6.07, 6.45) is 1.42. The second kappa shape index (κ2) is 8.66. The number of hydrogen-bond donors (Lipinski definition) is 2. The number of amides is 1. The van der Waals surface area contributed by atoms with Crippen molar-refractivity contribution < 1.29 is 27.9 Å². The molecule has 1 aromatic carbocycles. The molecular formula is C14H16ClNO6S. The minimum Gasteiger partial charge on any atom is -0.480 e. The van der Waals surface area contributed by atoms with Gasteiger partial charge in [-0.1, -0.05) is 17.7 Å². The van der Waals surface area contributed by atoms with Crippen LogP contribution in [-0.4, -0.2) is 50.4 Å². The van der Waals surface area contributed by atoms with Crippen LogP contribution in [0.5, 0.6) is 0 Å². The van der Waals surface area contributed by atoms with Crippen molar-refractivity contribution in [3.63, 3.8) is 0 Å². The molecule has 0 radical (unpaired) electrons. The summed E-state index contributed by atoms with van der Waals surface area (Å²) in [5.41, 5.74) is 0. The summed E-state index contributed by atoms with van der Waals surface area (Å²) in [7, 11) is -3.89. The molecule has 0 aliphatic carbocycles. The quantitative estimate of drug-likeness (QED) is 0.499. The molecular weight excluding hydrogens is 346 g/mol. The van der Waals surface area contributed by atoms with Crippen molar-refractivity contribution in [3.8, 4) is 0 Å². The predicted molar refractivity (Wildman–Crippen MR) is 84.1 cm³/mol. The second-order valence-electron chi connectivity index (χ2n) is 4.50. The smallest absolute Gasteiger partial charge is 0.328 e. The summed E-state index contributed by atoms with van der Waals surface area (Å²) in [4.78, 5) is 22.7. The molecule has 23 heavy (non-hydrogen) atoms. The number of carbonyl (C=O) groups is 2. The maximum atomic E-state index is 12.1. The van der Waals surface area contributed by atoms with Crippen LogP contribution in [0.15, 0.2) is 41.8 Å². The van der Waals surface area contributed by atoms with Gasteiger partial charge >= 0.3 is 5.97 Å². The summed E-state index contributed by atoms with van der Waals surface area (Å²) < 4.78 is 29.1. The second-order valence-corrected chi connectivity index (χ2v) is 6.92. The highest BCUT2D eigenvalue weighted by atomic mass is 35.5. The lowest BCUT2D eigenvalue weighted by atomic mass is 10.3. The molecule has 1 unspecified atom stereocenters. The SMILES string of the molecule is C=CCOCC(NC(=O)CS(=O)(=O)c1ccc(Cl)cc1)C(=O)O. The third-order valence-electron chi connectivity index (χ3n) is 2.65. The molecule has 0 heterocycles. The van der Waals surface area contributed by atoms with Crippen LogP contribution in [0.2, 0.25) is 5.02 Å². The first-order chi connectivity index (χ1) is 10.8. The molecule has 0 bridgehead atoms. The molecule has 0 aliphatic rings. The van der Waals surface area contributed by atoms with Crippen LogP contribution in [0.3, 0.4) is 0 Å². The lowest BCUT2D eigenvalue weighted by molar-refractivity contribution is -0.143. The number of nitrogens with one attached hydrogen (secondary N) is 1. The average Bonchev–Trinajstić information content (AvgIpc) is 2.46. The number of carboxylic acid groups (broad SMARTS) is 1. The first-order valence-electron chi connectivity index (χ1n) is 6.45. The van der Waals surface area contributed by atoms with E-state index in [1.807, 2.05) is 0 Å². The summed E-state index contributed by atoms with van der Waals surface area (Å²) >= 11 is 5.67. The molecule has 1 amide bonds. The minimum absolute atomic E-state index is 0.0770. The van der Waals surface area contributed by atoms with Crippen LogP contribution < -0.4 is 5.32 Å². The lowest BCUT2D eigenvalue weighted by Crippen LogP contribution is -2.46. The van der Waals surface area contributed by atoms with Crippen molar-refractivity contribution in [3.05, 3.63) is 41.9 Å². The maximum absolute atomic E-state index is 12.1. The summed E-state index contributed by atoms with van der Waals surface area (Å²) in [5, 5.41) is 11.5. The fraction of sp³-hybridized carbons (Fsp3) is 0.286. The maximum Gasteiger partial charge on any atom is 0.328 e. The van der Waals surface area contributed by atoms with Crippen LogP contribution in [0.25, 0.3) is 0 Å². The van der Waals surface area contributed by atoms with Crippen molar-refractivity contribution in [2.24, 2.45) is 0 Å². The zero-order valence-corrected chi connectivity index (χ0v) is 13.6. The fourth-order valence-corrected chi connectivity index (χ4v) is 2.85. The predicted octanol–water partition coefficient (Wildman–Crippen LogP) is 0.886. The van der Waals surface area contributed by atoms with Gasteiger partial charge in [-0.05, 0) is 24.3 Å². The first-order valence-corrected chi connectivity index (χ1v) is 8.48. The van der Waals surface area contributed by atoms with Crippen LogP contribution in [0.1, 0.15) is 0 Å². The molecule has 1 rings (SSSR count). The Morgan fingerprint density at radius 2 is 1.96 bits per heavy atom. The minimum atomic E-state index is -3.89. The van der Waals surface area contributed by atoms with Crippen molar-refractivity contribution in [1.82, 2.24) is 5.32 Å². The largest absolute Gasteiger partial charge is 0.480 e. The topological polar surface area (TPSA) is 110 Å². The molecule has 2 N–H and O–H groups in total. The number of carbonyl (C=O) groups excluding carboxylic acids is 1. The number of aliphatic carboxylic acids is 1. The Kier molecular flexibility index (Phi) is 7.21. The third kappa shape index (κ3) is 6.39. The zero-order valence-electron chi connectivity index (χ0n) is 12.1. The van der Waals surface area contributed by atoms with E-state index in [9.17, 15) is 18.0 Å². The van der Waals surface area contributed by atoms with Gasteiger partial charge in [0, 0.05) is 5.02 Å². The van der Waals surface area contributed by atoms with Gasteiger partial charge in [-0.15, -0.1) is 6.58 Å². The van der Waals surface area contributed by atoms with Crippen LogP contribution in [0.4, 0.5) is 0 Å². The normalized spacial score (nSPS) is 12.4. The van der Waals surface area contributed by atoms with Crippen LogP contribution >= 0.6 is 11.6 Å². The van der Waals surface area contributed by atoms with Gasteiger partial charge in [-0.2, -0.15) is 0 Å². The Morgan fingerprint density at radius 3 is 2.48 bits per heavy atom. The van der Waals surface area contributed by atoms with Gasteiger partial charge in [-0.3, -0.25) is 4.79 Å². The van der Waals surface area contributed by atoms with Crippen molar-refractivity contribution in [2.75, 3.05) is 19.0 Å². The Hall–Kier alpha value is -1.90. The molecule has 0 aliphatic heterocycles. The molecule has 0 spiro atoms. The number of carboxylic acids is 1. The van der Waals surface area contributed by atoms with Gasteiger partial charge in [0.1, 0.15) is 5.75 Å². The highest BCUT2D eigenvalue weighted by molar-refractivity contribution is 7.92. The van der Waals surface area contributed by atoms with Gasteiger partial charge in [0.25, 0.3) is 0 Å². The molecule has 1 atom stereocenters. The number of halogens is 1. The van der Waals surface area contributed by atoms with Crippen molar-refractivity contribution in [2.45, 2.75) is 10.9 Å². The standard InChI is InChI=1S/C14H16ClNO6S/c1-2-7-22-8-12(14(18)19)16-13(17)9-23(20,21)11-5-3-10(15)4-6-11/h2-6,12H,1,7-9H2,(H,16,17)(H,18,19). The summed E-state index contributed by atoms with van der Waals surface area (Å²) in [6, 6.07) is 3.97. The van der Waals surface area contributed by atoms with E-state index in [0.29, 0.717) is 5.02 Å². The number of ether oxygens (including phenoxy) is 1. The van der Waals surface area contributed by atoms with Crippen molar-refractivity contribution >= 4 is 33.3 Å². The highest BCUT2D eigenvalue weighted by Crippen LogP contribution is 2.15. The number of sulfone groups is 1. The van der Waals surface area contributed by atoms with E-state index in [0.717, 1.165) is 0 Å². The molecule has 0 saturated heterocycles. The van der Waals surface area contributed by atoms with Gasteiger partial charge < -0.3 is 15.2 Å². The number of hydrogen-bond acceptors (Lipinski definition) is 5. The monoisotopic (exact) mass is 361 g/mol. The number of rotatable bonds is 9. The van der Waals surface area contributed by atoms with Gasteiger partial charge in [0.15, 0.2) is 15.9 Å². The van der Waals surface area contributed by atoms with Gasteiger partial charge in [-0.25, -0.2) is 13.2 Å². The molecule has 9 heteroatoms. The molecule has 0 saturated carbocycles. The van der Waals surface area contributed by atoms with E-state index < -0.39 is 33.5 Å². The Balaban J connectivity index is 2.71. The van der Waals surface area contributed by atoms with Crippen LogP contribution in [0, 0.1) is 0 Å². The van der Waals surface area contributed by atoms with E-state index >= 15 is 0 Å². The van der Waals surface area contributed by atoms with E-state index in [1.165, 1.54) is 30.3 Å². The van der Waals surface area contributed by atoms with Crippen LogP contribution in [-0.2, 0) is 24.2 Å². The Bertz CT molecular complexity index is 671.